The van der Waals surface area contributed by atoms with Crippen molar-refractivity contribution in [2.45, 2.75) is 64.8 Å². The standard InChI is InChI=1S/C30H39ClN5OP/c1-5-21-11-15-27(28(20(21)2)38(3,4)37)34-29-26(31)19-32-30(35-29)33-24-12-8-22-9-13-25(14-10-23(22)18-24)36-16-6-7-17-36/h8,11-12,15,18-19,25H,5-7,9-10,13-14,16-17H2,1-4H3,(H2,32,33,34,35)/t25-/m0/s1. The molecular formula is C30H39ClN5OP. The molecule has 0 saturated carbocycles. The van der Waals surface area contributed by atoms with Crippen LogP contribution in [0.4, 0.5) is 23.1 Å². The largest absolute Gasteiger partial charge is 0.338 e. The number of hydrogen-bond acceptors (Lipinski definition) is 6. The first kappa shape index (κ1) is 27.2. The predicted octanol–water partition coefficient (Wildman–Crippen LogP) is 7.08. The molecule has 0 bridgehead atoms. The van der Waals surface area contributed by atoms with Crippen LogP contribution in [0, 0.1) is 6.92 Å². The number of fused-ring (bicyclic) bond motifs is 1. The van der Waals surface area contributed by atoms with Crippen molar-refractivity contribution >= 4 is 47.2 Å². The molecule has 1 fully saturated rings. The molecule has 8 heteroatoms. The molecule has 2 N–H and O–H groups in total. The molecule has 2 aliphatic rings. The summed E-state index contributed by atoms with van der Waals surface area (Å²) >= 11 is 6.51. The number of aryl methyl sites for hydroxylation is 3. The number of hydrogen-bond donors (Lipinski definition) is 2. The third-order valence-electron chi connectivity index (χ3n) is 8.07. The molecular weight excluding hydrogens is 513 g/mol. The summed E-state index contributed by atoms with van der Waals surface area (Å²) in [5, 5.41) is 8.00. The molecule has 1 atom stereocenters. The third kappa shape index (κ3) is 5.93. The van der Waals surface area contributed by atoms with Crippen LogP contribution in [0.15, 0.2) is 36.5 Å². The van der Waals surface area contributed by atoms with Gasteiger partial charge in [-0.1, -0.05) is 30.7 Å². The molecule has 1 aliphatic heterocycles. The number of nitrogens with zero attached hydrogens (tertiary/aromatic N) is 3. The Bertz CT molecular complexity index is 1360. The number of likely N-dealkylation sites (tertiary alicyclic amines) is 1. The van der Waals surface area contributed by atoms with E-state index < -0.39 is 7.14 Å². The highest BCUT2D eigenvalue weighted by molar-refractivity contribution is 7.70. The highest BCUT2D eigenvalue weighted by Crippen LogP contribution is 2.41. The Morgan fingerprint density at radius 3 is 2.50 bits per heavy atom. The van der Waals surface area contributed by atoms with E-state index in [1.54, 1.807) is 19.5 Å². The first-order valence-electron chi connectivity index (χ1n) is 13.8. The summed E-state index contributed by atoms with van der Waals surface area (Å²) in [5.41, 5.74) is 6.89. The quantitative estimate of drug-likeness (QED) is 0.241. The first-order chi connectivity index (χ1) is 18.2. The Labute approximate surface area is 232 Å². The maximum absolute atomic E-state index is 13.2. The van der Waals surface area contributed by atoms with Gasteiger partial charge in [0.2, 0.25) is 5.95 Å². The van der Waals surface area contributed by atoms with Gasteiger partial charge < -0.3 is 20.1 Å². The Hall–Kier alpha value is -2.40. The van der Waals surface area contributed by atoms with Crippen molar-refractivity contribution in [1.29, 1.82) is 0 Å². The lowest BCUT2D eigenvalue weighted by atomic mass is 10.0. The number of halogens is 1. The van der Waals surface area contributed by atoms with Crippen molar-refractivity contribution in [1.82, 2.24) is 14.9 Å². The molecule has 3 aromatic rings. The highest BCUT2D eigenvalue weighted by atomic mass is 35.5. The molecule has 202 valence electrons. The fourth-order valence-electron chi connectivity index (χ4n) is 6.13. The van der Waals surface area contributed by atoms with E-state index in [1.807, 2.05) is 13.0 Å². The molecule has 0 spiro atoms. The summed E-state index contributed by atoms with van der Waals surface area (Å²) in [6, 6.07) is 11.4. The zero-order valence-corrected chi connectivity index (χ0v) is 24.6. The Morgan fingerprint density at radius 2 is 1.79 bits per heavy atom. The van der Waals surface area contributed by atoms with E-state index in [0.717, 1.165) is 41.5 Å². The van der Waals surface area contributed by atoms with Gasteiger partial charge in [0.05, 0.1) is 11.9 Å². The second-order valence-corrected chi connectivity index (χ2v) is 14.6. The van der Waals surface area contributed by atoms with Gasteiger partial charge in [-0.25, -0.2) is 4.98 Å². The van der Waals surface area contributed by atoms with Crippen LogP contribution in [-0.2, 0) is 23.8 Å². The van der Waals surface area contributed by atoms with Crippen molar-refractivity contribution < 1.29 is 4.57 Å². The van der Waals surface area contributed by atoms with Gasteiger partial charge in [0, 0.05) is 17.0 Å². The van der Waals surface area contributed by atoms with Gasteiger partial charge in [0.1, 0.15) is 12.2 Å². The smallest absolute Gasteiger partial charge is 0.229 e. The number of anilines is 4. The number of rotatable bonds is 7. The second kappa shape index (κ2) is 11.4. The van der Waals surface area contributed by atoms with Crippen molar-refractivity contribution in [3.63, 3.8) is 0 Å². The normalized spacial score (nSPS) is 18.2. The third-order valence-corrected chi connectivity index (χ3v) is 10.0. The lowest BCUT2D eigenvalue weighted by Crippen LogP contribution is -2.32. The van der Waals surface area contributed by atoms with Crippen LogP contribution in [0.2, 0.25) is 5.02 Å². The summed E-state index contributed by atoms with van der Waals surface area (Å²) < 4.78 is 13.2. The average Bonchev–Trinajstić information content (AvgIpc) is 3.33. The monoisotopic (exact) mass is 551 g/mol. The summed E-state index contributed by atoms with van der Waals surface area (Å²) in [7, 11) is -2.55. The predicted molar refractivity (Wildman–Crippen MR) is 161 cm³/mol. The lowest BCUT2D eigenvalue weighted by molar-refractivity contribution is 0.222. The first-order valence-corrected chi connectivity index (χ1v) is 16.8. The van der Waals surface area contributed by atoms with Crippen LogP contribution >= 0.6 is 18.7 Å². The SMILES string of the molecule is CCc1ccc(Nc2nc(Nc3ccc4c(c3)CC[C@@H](N3CCCC3)CC4)ncc2Cl)c(P(C)(C)=O)c1C. The summed E-state index contributed by atoms with van der Waals surface area (Å²) in [5.74, 6) is 0.964. The minimum absolute atomic E-state index is 0.413. The van der Waals surface area contributed by atoms with E-state index in [2.05, 4.69) is 51.7 Å². The summed E-state index contributed by atoms with van der Waals surface area (Å²) in [6.07, 6.45) is 9.89. The number of benzene rings is 2. The fourth-order valence-corrected chi connectivity index (χ4v) is 7.93. The van der Waals surface area contributed by atoms with Crippen molar-refractivity contribution in [2.24, 2.45) is 0 Å². The Kier molecular flexibility index (Phi) is 8.14. The van der Waals surface area contributed by atoms with Crippen LogP contribution in [0.25, 0.3) is 0 Å². The maximum Gasteiger partial charge on any atom is 0.229 e. The zero-order valence-electron chi connectivity index (χ0n) is 23.0. The second-order valence-electron chi connectivity index (χ2n) is 11.0. The number of nitrogens with one attached hydrogen (secondary N) is 2. The van der Waals surface area contributed by atoms with Gasteiger partial charge in [-0.15, -0.1) is 0 Å². The van der Waals surface area contributed by atoms with Crippen molar-refractivity contribution in [3.05, 3.63) is 63.8 Å². The molecule has 1 saturated heterocycles. The van der Waals surface area contributed by atoms with Crippen LogP contribution in [0.3, 0.4) is 0 Å². The van der Waals surface area contributed by atoms with Crippen molar-refractivity contribution in [3.8, 4) is 0 Å². The van der Waals surface area contributed by atoms with E-state index >= 15 is 0 Å². The van der Waals surface area contributed by atoms with Gasteiger partial charge in [0.25, 0.3) is 0 Å². The molecule has 2 aromatic carbocycles. The molecule has 5 rings (SSSR count). The van der Waals surface area contributed by atoms with Crippen LogP contribution in [-0.4, -0.2) is 47.3 Å². The van der Waals surface area contributed by atoms with Crippen LogP contribution in [0.1, 0.15) is 54.9 Å². The minimum Gasteiger partial charge on any atom is -0.338 e. The highest BCUT2D eigenvalue weighted by Gasteiger charge is 2.25. The summed E-state index contributed by atoms with van der Waals surface area (Å²) in [6.45, 7) is 10.3. The Balaban J connectivity index is 1.35. The molecule has 2 heterocycles. The molecule has 0 unspecified atom stereocenters. The number of aromatic nitrogens is 2. The van der Waals surface area contributed by atoms with E-state index in [0.29, 0.717) is 22.8 Å². The van der Waals surface area contributed by atoms with Crippen LogP contribution < -0.4 is 15.9 Å². The molecule has 0 radical (unpaired) electrons. The van der Waals surface area contributed by atoms with E-state index in [-0.39, 0.29) is 0 Å². The molecule has 1 aliphatic carbocycles. The molecule has 1 aromatic heterocycles. The maximum atomic E-state index is 13.2. The van der Waals surface area contributed by atoms with Crippen LogP contribution in [0.5, 0.6) is 0 Å². The fraction of sp³-hybridized carbons (Fsp3) is 0.467. The molecule has 6 nitrogen and oxygen atoms in total. The Morgan fingerprint density at radius 1 is 1.05 bits per heavy atom. The lowest BCUT2D eigenvalue weighted by Gasteiger charge is -2.25. The average molecular weight is 552 g/mol. The molecule has 38 heavy (non-hydrogen) atoms. The van der Waals surface area contributed by atoms with Crippen molar-refractivity contribution in [2.75, 3.05) is 37.1 Å². The van der Waals surface area contributed by atoms with Gasteiger partial charge in [-0.3, -0.25) is 0 Å². The summed E-state index contributed by atoms with van der Waals surface area (Å²) in [4.78, 5) is 11.8. The minimum atomic E-state index is -2.55. The van der Waals surface area contributed by atoms with Gasteiger partial charge in [-0.2, -0.15) is 4.98 Å². The van der Waals surface area contributed by atoms with Gasteiger partial charge in [0.15, 0.2) is 5.82 Å². The van der Waals surface area contributed by atoms with Gasteiger partial charge in [-0.05, 0) is 119 Å². The topological polar surface area (TPSA) is 70.2 Å². The zero-order chi connectivity index (χ0) is 26.9. The van der Waals surface area contributed by atoms with E-state index in [4.69, 9.17) is 16.6 Å². The van der Waals surface area contributed by atoms with E-state index in [9.17, 15) is 4.57 Å². The molecule has 0 amide bonds. The van der Waals surface area contributed by atoms with E-state index in [1.165, 1.54) is 55.5 Å². The van der Waals surface area contributed by atoms with Gasteiger partial charge >= 0.3 is 0 Å².